The Kier molecular flexibility index (Phi) is 9.95. The van der Waals surface area contributed by atoms with Crippen molar-refractivity contribution in [1.29, 1.82) is 0 Å². The summed E-state index contributed by atoms with van der Waals surface area (Å²) in [5.74, 6) is 0. The zero-order valence-electron chi connectivity index (χ0n) is 37.9. The predicted molar refractivity (Wildman–Crippen MR) is 292 cm³/mol. The Morgan fingerprint density at radius 3 is 1.55 bits per heavy atom. The Morgan fingerprint density at radius 2 is 0.797 bits per heavy atom. The van der Waals surface area contributed by atoms with Crippen LogP contribution in [0.1, 0.15) is 5.56 Å². The molecular formula is C67H45NO. The summed E-state index contributed by atoms with van der Waals surface area (Å²) in [4.78, 5) is 2.45. The molecule has 13 rings (SSSR count). The Hall–Kier alpha value is -8.98. The Morgan fingerprint density at radius 1 is 0.261 bits per heavy atom. The third-order valence-electron chi connectivity index (χ3n) is 14.0. The van der Waals surface area contributed by atoms with Gasteiger partial charge in [0.2, 0.25) is 0 Å². The summed E-state index contributed by atoms with van der Waals surface area (Å²) in [6.07, 6.45) is 0. The van der Waals surface area contributed by atoms with Crippen LogP contribution in [0.4, 0.5) is 11.4 Å². The highest BCUT2D eigenvalue weighted by Crippen LogP contribution is 2.43. The maximum atomic E-state index is 6.90. The van der Waals surface area contributed by atoms with Crippen LogP contribution in [0, 0.1) is 0 Å². The highest BCUT2D eigenvalue weighted by Gasteiger charge is 2.20. The maximum Gasteiger partial charge on any atom is 0.143 e. The monoisotopic (exact) mass is 879 g/mol. The van der Waals surface area contributed by atoms with Crippen LogP contribution in [-0.2, 0) is 6.54 Å². The van der Waals surface area contributed by atoms with Crippen molar-refractivity contribution in [2.24, 2.45) is 0 Å². The van der Waals surface area contributed by atoms with Gasteiger partial charge in [-0.1, -0.05) is 218 Å². The molecule has 0 aliphatic rings. The fourth-order valence-electron chi connectivity index (χ4n) is 10.6. The van der Waals surface area contributed by atoms with E-state index < -0.39 is 0 Å². The molecule has 0 radical (unpaired) electrons. The number of nitrogens with zero attached hydrogens (tertiary/aromatic N) is 1. The van der Waals surface area contributed by atoms with Gasteiger partial charge >= 0.3 is 0 Å². The number of hydrogen-bond donors (Lipinski definition) is 0. The van der Waals surface area contributed by atoms with Gasteiger partial charge in [0.1, 0.15) is 11.2 Å². The van der Waals surface area contributed by atoms with E-state index in [9.17, 15) is 0 Å². The second-order valence-electron chi connectivity index (χ2n) is 18.0. The largest absolute Gasteiger partial charge is 0.455 e. The molecular weight excluding hydrogens is 835 g/mol. The zero-order chi connectivity index (χ0) is 45.7. The van der Waals surface area contributed by atoms with E-state index in [1.165, 1.54) is 77.0 Å². The minimum absolute atomic E-state index is 0.636. The molecule has 0 saturated heterocycles. The van der Waals surface area contributed by atoms with Crippen LogP contribution in [-0.4, -0.2) is 0 Å². The summed E-state index contributed by atoms with van der Waals surface area (Å²) in [5.41, 5.74) is 17.1. The molecule has 13 aromatic rings. The number of hydrogen-bond acceptors (Lipinski definition) is 2. The molecule has 0 amide bonds. The van der Waals surface area contributed by atoms with Gasteiger partial charge in [-0.2, -0.15) is 0 Å². The first-order chi connectivity index (χ1) is 34.2. The molecule has 0 atom stereocenters. The van der Waals surface area contributed by atoms with Crippen molar-refractivity contribution in [2.75, 3.05) is 4.90 Å². The summed E-state index contributed by atoms with van der Waals surface area (Å²) in [6.45, 7) is 0.636. The summed E-state index contributed by atoms with van der Waals surface area (Å²) >= 11 is 0. The fourth-order valence-corrected chi connectivity index (χ4v) is 10.6. The van der Waals surface area contributed by atoms with Crippen molar-refractivity contribution >= 4 is 65.6 Å². The van der Waals surface area contributed by atoms with E-state index >= 15 is 0 Å². The zero-order valence-corrected chi connectivity index (χ0v) is 37.9. The first-order valence-corrected chi connectivity index (χ1v) is 23.8. The van der Waals surface area contributed by atoms with E-state index in [2.05, 4.69) is 266 Å². The third kappa shape index (κ3) is 7.22. The molecule has 0 unspecified atom stereocenters. The minimum Gasteiger partial charge on any atom is -0.455 e. The minimum atomic E-state index is 0.636. The van der Waals surface area contributed by atoms with Gasteiger partial charge in [-0.05, 0) is 125 Å². The molecule has 324 valence electrons. The maximum absolute atomic E-state index is 6.90. The van der Waals surface area contributed by atoms with Gasteiger partial charge in [-0.25, -0.2) is 0 Å². The number of benzene rings is 12. The molecule has 1 heterocycles. The lowest BCUT2D eigenvalue weighted by Crippen LogP contribution is -2.17. The molecule has 0 saturated carbocycles. The summed E-state index contributed by atoms with van der Waals surface area (Å²) in [5, 5.41) is 9.60. The van der Waals surface area contributed by atoms with Gasteiger partial charge < -0.3 is 9.32 Å². The number of anilines is 2. The lowest BCUT2D eigenvalue weighted by molar-refractivity contribution is 0.673. The molecule has 0 fully saturated rings. The SMILES string of the molecule is c1ccc(-c2ccc(-c3ccc(N(Cc4ccccc4-c4cccc5c4oc4c6ccccc6ccc54)c4ccc(-c5cc6ccccc6c6ccccc56)cc4)cc3)cc2-c2ccccc2)cc1. The van der Waals surface area contributed by atoms with Gasteiger partial charge in [-0.15, -0.1) is 0 Å². The average molecular weight is 880 g/mol. The van der Waals surface area contributed by atoms with E-state index in [1.54, 1.807) is 0 Å². The lowest BCUT2D eigenvalue weighted by Gasteiger charge is -2.27. The quantitative estimate of drug-likeness (QED) is 0.134. The van der Waals surface area contributed by atoms with E-state index in [4.69, 9.17) is 4.42 Å². The van der Waals surface area contributed by atoms with Crippen LogP contribution in [0.5, 0.6) is 0 Å². The van der Waals surface area contributed by atoms with E-state index in [-0.39, 0.29) is 0 Å². The summed E-state index contributed by atoms with van der Waals surface area (Å²) in [6, 6.07) is 94.6. The molecule has 0 spiro atoms. The van der Waals surface area contributed by atoms with Crippen LogP contribution >= 0.6 is 0 Å². The molecule has 2 heteroatoms. The molecule has 0 N–H and O–H groups in total. The van der Waals surface area contributed by atoms with Crippen molar-refractivity contribution in [2.45, 2.75) is 6.54 Å². The highest BCUT2D eigenvalue weighted by molar-refractivity contribution is 6.17. The van der Waals surface area contributed by atoms with Crippen molar-refractivity contribution in [3.05, 3.63) is 266 Å². The molecule has 0 aliphatic carbocycles. The van der Waals surface area contributed by atoms with E-state index in [0.717, 1.165) is 49.8 Å². The average Bonchev–Trinajstić information content (AvgIpc) is 3.83. The van der Waals surface area contributed by atoms with Crippen LogP contribution in [0.3, 0.4) is 0 Å². The normalized spacial score (nSPS) is 11.5. The molecule has 69 heavy (non-hydrogen) atoms. The lowest BCUT2D eigenvalue weighted by atomic mass is 9.91. The predicted octanol–water partition coefficient (Wildman–Crippen LogP) is 18.7. The van der Waals surface area contributed by atoms with Gasteiger partial charge in [0.15, 0.2) is 0 Å². The topological polar surface area (TPSA) is 16.4 Å². The van der Waals surface area contributed by atoms with Crippen molar-refractivity contribution in [3.8, 4) is 55.6 Å². The number of fused-ring (bicyclic) bond motifs is 8. The number of para-hydroxylation sites is 1. The molecule has 0 bridgehead atoms. The third-order valence-corrected chi connectivity index (χ3v) is 14.0. The Labute approximate surface area is 401 Å². The Balaban J connectivity index is 0.923. The summed E-state index contributed by atoms with van der Waals surface area (Å²) < 4.78 is 6.90. The van der Waals surface area contributed by atoms with Gasteiger partial charge in [-0.3, -0.25) is 0 Å². The van der Waals surface area contributed by atoms with Crippen LogP contribution in [0.25, 0.3) is 110 Å². The van der Waals surface area contributed by atoms with Crippen LogP contribution in [0.15, 0.2) is 265 Å². The van der Waals surface area contributed by atoms with Gasteiger partial charge in [0.05, 0.1) is 0 Å². The van der Waals surface area contributed by atoms with Gasteiger partial charge in [0.25, 0.3) is 0 Å². The standard InChI is InChI=1S/C67H45NO/c1-3-16-46(17-4-1)57-40-35-50(42-64(57)47-18-5-2-6-19-47)45-30-36-53(37-31-45)68(54-38-32-49(33-39-54)65-43-51-21-8-10-23-55(51)59-26-13-14-27-60(59)65)44-52-22-9-11-24-56(52)61-28-15-29-62-63-41-34-48-20-7-12-25-58(48)66(63)69-67(61)62/h1-43H,44H2. The second kappa shape index (κ2) is 17.0. The fraction of sp³-hybridized carbons (Fsp3) is 0.0149. The first-order valence-electron chi connectivity index (χ1n) is 23.8. The van der Waals surface area contributed by atoms with Crippen molar-refractivity contribution < 1.29 is 4.42 Å². The smallest absolute Gasteiger partial charge is 0.143 e. The van der Waals surface area contributed by atoms with Crippen molar-refractivity contribution in [3.63, 3.8) is 0 Å². The number of rotatable bonds is 9. The van der Waals surface area contributed by atoms with E-state index in [1.807, 2.05) is 0 Å². The van der Waals surface area contributed by atoms with Crippen LogP contribution < -0.4 is 4.90 Å². The first kappa shape index (κ1) is 40.3. The molecule has 0 aliphatic heterocycles. The molecule has 1 aromatic heterocycles. The number of furan rings is 1. The van der Waals surface area contributed by atoms with Gasteiger partial charge in [0, 0.05) is 39.6 Å². The summed E-state index contributed by atoms with van der Waals surface area (Å²) in [7, 11) is 0. The van der Waals surface area contributed by atoms with Crippen molar-refractivity contribution in [1.82, 2.24) is 0 Å². The molecule has 12 aromatic carbocycles. The second-order valence-corrected chi connectivity index (χ2v) is 18.0. The van der Waals surface area contributed by atoms with E-state index in [0.29, 0.717) is 6.54 Å². The molecule has 2 nitrogen and oxygen atoms in total. The Bertz CT molecular complexity index is 4020. The highest BCUT2D eigenvalue weighted by atomic mass is 16.3. The van der Waals surface area contributed by atoms with Crippen LogP contribution in [0.2, 0.25) is 0 Å².